The lowest BCUT2D eigenvalue weighted by Crippen LogP contribution is -2.36. The second kappa shape index (κ2) is 10.9. The minimum Gasteiger partial charge on any atom is -0.494 e. The monoisotopic (exact) mass is 456 g/mol. The van der Waals surface area contributed by atoms with Crippen molar-refractivity contribution in [2.24, 2.45) is 0 Å². The average Bonchev–Trinajstić information content (AvgIpc) is 3.26. The highest BCUT2D eigenvalue weighted by molar-refractivity contribution is 5.80. The van der Waals surface area contributed by atoms with Gasteiger partial charge in [0, 0.05) is 36.2 Å². The number of fused-ring (bicyclic) bond motifs is 1. The number of rotatable bonds is 11. The summed E-state index contributed by atoms with van der Waals surface area (Å²) >= 11 is 0. The molecule has 0 saturated carbocycles. The van der Waals surface area contributed by atoms with Gasteiger partial charge >= 0.3 is 0 Å². The minimum absolute atomic E-state index is 0.0748. The van der Waals surface area contributed by atoms with Gasteiger partial charge in [-0.2, -0.15) is 0 Å². The number of aromatic nitrogens is 5. The number of pyridine rings is 1. The van der Waals surface area contributed by atoms with E-state index in [1.165, 1.54) is 0 Å². The van der Waals surface area contributed by atoms with E-state index in [2.05, 4.69) is 53.1 Å². The van der Waals surface area contributed by atoms with Crippen molar-refractivity contribution >= 4 is 10.9 Å². The Morgan fingerprint density at radius 2 is 2.03 bits per heavy atom. The van der Waals surface area contributed by atoms with E-state index in [4.69, 9.17) is 4.74 Å². The van der Waals surface area contributed by atoms with Crippen molar-refractivity contribution in [2.45, 2.75) is 72.0 Å². The number of H-pyrrole nitrogens is 1. The Labute approximate surface area is 194 Å². The summed E-state index contributed by atoms with van der Waals surface area (Å²) in [6.07, 6.45) is 2.36. The normalized spacial score (nSPS) is 13.1. The van der Waals surface area contributed by atoms with Crippen molar-refractivity contribution in [3.63, 3.8) is 0 Å². The van der Waals surface area contributed by atoms with Crippen LogP contribution < -0.4 is 10.3 Å². The van der Waals surface area contributed by atoms with Gasteiger partial charge in [-0.15, -0.1) is 5.10 Å². The van der Waals surface area contributed by atoms with Crippen molar-refractivity contribution in [1.82, 2.24) is 30.1 Å². The standard InChI is InChI=1S/C24H36N6O3/c1-6-9-21(22-26-27-28-30(22)24(3,4)5)29(12-8-13-31)16-18-14-17-15-19(33-7-2)10-11-20(17)25-23(18)32/h10-11,14-15,21,31H,6-9,12-13,16H2,1-5H3,(H,25,32). The van der Waals surface area contributed by atoms with Gasteiger partial charge in [0.15, 0.2) is 5.82 Å². The highest BCUT2D eigenvalue weighted by atomic mass is 16.5. The smallest absolute Gasteiger partial charge is 0.252 e. The first-order valence-electron chi connectivity index (χ1n) is 11.7. The molecular weight excluding hydrogens is 420 g/mol. The van der Waals surface area contributed by atoms with Crippen LogP contribution in [0.4, 0.5) is 0 Å². The van der Waals surface area contributed by atoms with E-state index in [-0.39, 0.29) is 23.7 Å². The predicted octanol–water partition coefficient (Wildman–Crippen LogP) is 3.39. The van der Waals surface area contributed by atoms with Crippen LogP contribution in [0.3, 0.4) is 0 Å². The van der Waals surface area contributed by atoms with Gasteiger partial charge in [0.1, 0.15) is 5.75 Å². The van der Waals surface area contributed by atoms with Gasteiger partial charge in [0.05, 0.1) is 18.2 Å². The van der Waals surface area contributed by atoms with Gasteiger partial charge in [-0.25, -0.2) is 4.68 Å². The summed E-state index contributed by atoms with van der Waals surface area (Å²) in [6.45, 7) is 12.0. The van der Waals surface area contributed by atoms with Crippen LogP contribution in [0.1, 0.15) is 71.3 Å². The van der Waals surface area contributed by atoms with Crippen molar-refractivity contribution in [1.29, 1.82) is 0 Å². The number of ether oxygens (including phenoxy) is 1. The second-order valence-corrected chi connectivity index (χ2v) is 9.28. The highest BCUT2D eigenvalue weighted by Crippen LogP contribution is 2.29. The molecule has 9 heteroatoms. The van der Waals surface area contributed by atoms with Crippen LogP contribution in [0.5, 0.6) is 5.75 Å². The molecule has 3 aromatic rings. The lowest BCUT2D eigenvalue weighted by molar-refractivity contribution is 0.142. The number of aliphatic hydroxyl groups excluding tert-OH is 1. The first kappa shape index (κ1) is 24.9. The molecule has 2 N–H and O–H groups in total. The van der Waals surface area contributed by atoms with Gasteiger partial charge in [0.2, 0.25) is 0 Å². The minimum atomic E-state index is -0.274. The molecule has 3 rings (SSSR count). The van der Waals surface area contributed by atoms with Crippen LogP contribution >= 0.6 is 0 Å². The molecule has 0 fully saturated rings. The van der Waals surface area contributed by atoms with Crippen molar-refractivity contribution in [3.8, 4) is 5.75 Å². The molecule has 1 aromatic carbocycles. The fourth-order valence-corrected chi connectivity index (χ4v) is 4.07. The summed E-state index contributed by atoms with van der Waals surface area (Å²) < 4.78 is 7.49. The molecular formula is C24H36N6O3. The van der Waals surface area contributed by atoms with Gasteiger partial charge < -0.3 is 14.8 Å². The number of nitrogens with zero attached hydrogens (tertiary/aromatic N) is 5. The zero-order valence-electron chi connectivity index (χ0n) is 20.3. The fourth-order valence-electron chi connectivity index (χ4n) is 4.07. The van der Waals surface area contributed by atoms with Crippen LogP contribution in [0, 0.1) is 0 Å². The molecule has 0 spiro atoms. The summed E-state index contributed by atoms with van der Waals surface area (Å²) in [5.74, 6) is 1.55. The second-order valence-electron chi connectivity index (χ2n) is 9.28. The van der Waals surface area contributed by atoms with E-state index in [1.54, 1.807) is 0 Å². The molecule has 0 radical (unpaired) electrons. The first-order valence-corrected chi connectivity index (χ1v) is 11.7. The topological polar surface area (TPSA) is 109 Å². The first-order chi connectivity index (χ1) is 15.8. The van der Waals surface area contributed by atoms with E-state index in [0.29, 0.717) is 31.7 Å². The Hall–Kier alpha value is -2.78. The summed E-state index contributed by atoms with van der Waals surface area (Å²) in [5, 5.41) is 23.0. The number of hydrogen-bond donors (Lipinski definition) is 2. The molecule has 0 amide bonds. The number of benzene rings is 1. The van der Waals surface area contributed by atoms with Gasteiger partial charge in [-0.1, -0.05) is 13.3 Å². The molecule has 1 unspecified atom stereocenters. The molecule has 0 aliphatic heterocycles. The summed E-state index contributed by atoms with van der Waals surface area (Å²) in [7, 11) is 0. The molecule has 0 bridgehead atoms. The number of tetrazole rings is 1. The Balaban J connectivity index is 2.01. The maximum atomic E-state index is 12.9. The van der Waals surface area contributed by atoms with Crippen LogP contribution in [-0.2, 0) is 12.1 Å². The third kappa shape index (κ3) is 5.97. The van der Waals surface area contributed by atoms with Crippen LogP contribution in [0.15, 0.2) is 29.1 Å². The molecule has 9 nitrogen and oxygen atoms in total. The average molecular weight is 457 g/mol. The Bertz CT molecular complexity index is 1100. The Kier molecular flexibility index (Phi) is 8.20. The van der Waals surface area contributed by atoms with E-state index in [1.807, 2.05) is 35.9 Å². The van der Waals surface area contributed by atoms with Crippen LogP contribution in [0.2, 0.25) is 0 Å². The molecule has 0 aliphatic rings. The van der Waals surface area contributed by atoms with Crippen LogP contribution in [-0.4, -0.2) is 55.0 Å². The van der Waals surface area contributed by atoms with Crippen molar-refractivity contribution in [3.05, 3.63) is 46.0 Å². The highest BCUT2D eigenvalue weighted by Gasteiger charge is 2.30. The Morgan fingerprint density at radius 3 is 2.70 bits per heavy atom. The molecule has 0 aliphatic carbocycles. The SMILES string of the molecule is CCCC(c1nnnn1C(C)(C)C)N(CCCO)Cc1cc2cc(OCC)ccc2[nH]c1=O. The Morgan fingerprint density at radius 1 is 1.24 bits per heavy atom. The van der Waals surface area contributed by atoms with Crippen LogP contribution in [0.25, 0.3) is 10.9 Å². The van der Waals surface area contributed by atoms with Gasteiger partial charge in [0.25, 0.3) is 5.56 Å². The third-order valence-electron chi connectivity index (χ3n) is 5.61. The molecule has 180 valence electrons. The maximum absolute atomic E-state index is 12.9. The van der Waals surface area contributed by atoms with Gasteiger partial charge in [-0.3, -0.25) is 9.69 Å². The molecule has 0 saturated heterocycles. The molecule has 2 aromatic heterocycles. The largest absolute Gasteiger partial charge is 0.494 e. The third-order valence-corrected chi connectivity index (χ3v) is 5.61. The summed E-state index contributed by atoms with van der Waals surface area (Å²) in [6, 6.07) is 7.52. The lowest BCUT2D eigenvalue weighted by atomic mass is 10.0. The van der Waals surface area contributed by atoms with Crippen molar-refractivity contribution in [2.75, 3.05) is 19.8 Å². The van der Waals surface area contributed by atoms with E-state index >= 15 is 0 Å². The zero-order chi connectivity index (χ0) is 24.0. The summed E-state index contributed by atoms with van der Waals surface area (Å²) in [5.41, 5.74) is 1.04. The van der Waals surface area contributed by atoms with E-state index < -0.39 is 0 Å². The lowest BCUT2D eigenvalue weighted by Gasteiger charge is -2.32. The quantitative estimate of drug-likeness (QED) is 0.455. The number of nitrogens with one attached hydrogen (secondary N) is 1. The van der Waals surface area contributed by atoms with Crippen molar-refractivity contribution < 1.29 is 9.84 Å². The molecule has 1 atom stereocenters. The maximum Gasteiger partial charge on any atom is 0.252 e. The summed E-state index contributed by atoms with van der Waals surface area (Å²) in [4.78, 5) is 18.1. The van der Waals surface area contributed by atoms with E-state index in [0.717, 1.165) is 35.3 Å². The zero-order valence-corrected chi connectivity index (χ0v) is 20.3. The number of aromatic amines is 1. The molecule has 2 heterocycles. The number of aliphatic hydroxyl groups is 1. The van der Waals surface area contributed by atoms with Gasteiger partial charge in [-0.05, 0) is 75.2 Å². The van der Waals surface area contributed by atoms with E-state index in [9.17, 15) is 9.90 Å². The predicted molar refractivity (Wildman–Crippen MR) is 128 cm³/mol. The number of hydrogen-bond acceptors (Lipinski definition) is 7. The molecule has 33 heavy (non-hydrogen) atoms. The fraction of sp³-hybridized carbons (Fsp3) is 0.583.